The Hall–Kier alpha value is -1.87. The molecule has 0 fully saturated rings. The zero-order chi connectivity index (χ0) is 16.7. The highest BCUT2D eigenvalue weighted by molar-refractivity contribution is 5.91. The van der Waals surface area contributed by atoms with Crippen molar-refractivity contribution in [2.75, 3.05) is 13.1 Å². The van der Waals surface area contributed by atoms with Gasteiger partial charge in [-0.25, -0.2) is 0 Å². The number of benzene rings is 1. The van der Waals surface area contributed by atoms with Gasteiger partial charge in [-0.15, -0.1) is 0 Å². The molecule has 3 rings (SSSR count). The fraction of sp³-hybridized carbons (Fsp3) is 0.450. The molecule has 1 aliphatic heterocycles. The summed E-state index contributed by atoms with van der Waals surface area (Å²) in [4.78, 5) is 13.3. The van der Waals surface area contributed by atoms with Crippen LogP contribution in [-0.4, -0.2) is 28.9 Å². The van der Waals surface area contributed by atoms with Crippen LogP contribution in [-0.2, 0) is 11.3 Å². The maximum absolute atomic E-state index is 10.9. The third kappa shape index (κ3) is 6.41. The van der Waals surface area contributed by atoms with Gasteiger partial charge in [-0.05, 0) is 17.4 Å². The number of hydrogen-bond acceptors (Lipinski definition) is 3. The SMILES string of the molecule is C1=CCN(Cc2ccccc2)CC1.CC1(C)CC(=O)C=C(O)C1. The van der Waals surface area contributed by atoms with Crippen LogP contribution in [0.4, 0.5) is 0 Å². The number of hydrogen-bond donors (Lipinski definition) is 1. The molecule has 2 aliphatic rings. The Morgan fingerprint density at radius 2 is 1.87 bits per heavy atom. The molecule has 0 spiro atoms. The van der Waals surface area contributed by atoms with E-state index in [-0.39, 0.29) is 17.0 Å². The van der Waals surface area contributed by atoms with Gasteiger partial charge in [0, 0.05) is 38.6 Å². The quantitative estimate of drug-likeness (QED) is 0.829. The summed E-state index contributed by atoms with van der Waals surface area (Å²) in [7, 11) is 0. The van der Waals surface area contributed by atoms with Crippen molar-refractivity contribution >= 4 is 5.78 Å². The molecule has 1 heterocycles. The van der Waals surface area contributed by atoms with E-state index >= 15 is 0 Å². The third-order valence-electron chi connectivity index (χ3n) is 4.03. The predicted molar refractivity (Wildman–Crippen MR) is 94.2 cm³/mol. The third-order valence-corrected chi connectivity index (χ3v) is 4.03. The van der Waals surface area contributed by atoms with Crippen LogP contribution in [0.2, 0.25) is 0 Å². The Balaban J connectivity index is 0.000000174. The van der Waals surface area contributed by atoms with Crippen molar-refractivity contribution in [2.45, 2.75) is 39.7 Å². The molecule has 124 valence electrons. The summed E-state index contributed by atoms with van der Waals surface area (Å²) in [6.07, 6.45) is 8.22. The molecule has 3 nitrogen and oxygen atoms in total. The Morgan fingerprint density at radius 1 is 1.13 bits per heavy atom. The standard InChI is InChI=1S/C12H15N.C8H12O2/c1-3-7-12(8-4-1)11-13-9-5-2-6-10-13;1-8(2)4-6(9)3-7(10)5-8/h1-5,7-8H,6,9-11H2;3,9H,4-5H2,1-2H3. The maximum Gasteiger partial charge on any atom is 0.159 e. The van der Waals surface area contributed by atoms with E-state index in [1.165, 1.54) is 24.6 Å². The lowest BCUT2D eigenvalue weighted by atomic mass is 9.80. The lowest BCUT2D eigenvalue weighted by Gasteiger charge is -2.25. The predicted octanol–water partition coefficient (Wildman–Crippen LogP) is 4.27. The van der Waals surface area contributed by atoms with Gasteiger partial charge in [-0.3, -0.25) is 9.69 Å². The van der Waals surface area contributed by atoms with Crippen LogP contribution in [0.25, 0.3) is 0 Å². The first-order valence-corrected chi connectivity index (χ1v) is 8.28. The molecule has 0 saturated carbocycles. The fourth-order valence-corrected chi connectivity index (χ4v) is 2.99. The smallest absolute Gasteiger partial charge is 0.159 e. The Labute approximate surface area is 139 Å². The average molecular weight is 313 g/mol. The van der Waals surface area contributed by atoms with Crippen molar-refractivity contribution in [3.05, 3.63) is 59.9 Å². The van der Waals surface area contributed by atoms with Crippen molar-refractivity contribution in [2.24, 2.45) is 5.41 Å². The second kappa shape index (κ2) is 8.11. The van der Waals surface area contributed by atoms with Crippen molar-refractivity contribution in [1.29, 1.82) is 0 Å². The fourth-order valence-electron chi connectivity index (χ4n) is 2.99. The molecule has 1 aromatic carbocycles. The number of aliphatic hydroxyl groups excluding tert-OH is 1. The second-order valence-electron chi connectivity index (χ2n) is 7.10. The van der Waals surface area contributed by atoms with Gasteiger partial charge in [-0.1, -0.05) is 56.3 Å². The summed E-state index contributed by atoms with van der Waals surface area (Å²) >= 11 is 0. The van der Waals surface area contributed by atoms with Crippen molar-refractivity contribution in [3.8, 4) is 0 Å². The maximum atomic E-state index is 10.9. The monoisotopic (exact) mass is 313 g/mol. The van der Waals surface area contributed by atoms with Gasteiger partial charge in [0.05, 0.1) is 5.76 Å². The van der Waals surface area contributed by atoms with E-state index in [0.29, 0.717) is 12.8 Å². The van der Waals surface area contributed by atoms with Gasteiger partial charge < -0.3 is 5.11 Å². The Kier molecular flexibility index (Phi) is 6.17. The summed E-state index contributed by atoms with van der Waals surface area (Å²) in [6, 6.07) is 10.7. The number of nitrogens with zero attached hydrogens (tertiary/aromatic N) is 1. The normalized spacial score (nSPS) is 20.4. The lowest BCUT2D eigenvalue weighted by molar-refractivity contribution is -0.117. The number of rotatable bonds is 2. The molecule has 0 bridgehead atoms. The summed E-state index contributed by atoms with van der Waals surface area (Å²) in [5.41, 5.74) is 1.37. The molecule has 0 radical (unpaired) electrons. The highest BCUT2D eigenvalue weighted by Crippen LogP contribution is 2.32. The van der Waals surface area contributed by atoms with E-state index in [1.54, 1.807) is 0 Å². The zero-order valence-corrected chi connectivity index (χ0v) is 14.2. The van der Waals surface area contributed by atoms with Gasteiger partial charge in [0.25, 0.3) is 0 Å². The molecule has 1 aromatic rings. The van der Waals surface area contributed by atoms with E-state index in [9.17, 15) is 4.79 Å². The number of allylic oxidation sites excluding steroid dienone is 2. The molecule has 0 amide bonds. The molecule has 0 unspecified atom stereocenters. The largest absolute Gasteiger partial charge is 0.512 e. The molecule has 1 N–H and O–H groups in total. The number of aliphatic hydroxyl groups is 1. The van der Waals surface area contributed by atoms with Crippen LogP contribution < -0.4 is 0 Å². The van der Waals surface area contributed by atoms with Crippen LogP contribution in [0.15, 0.2) is 54.3 Å². The minimum absolute atomic E-state index is 0.0359. The number of carbonyl (C=O) groups is 1. The van der Waals surface area contributed by atoms with Crippen molar-refractivity contribution in [3.63, 3.8) is 0 Å². The molecule has 0 saturated heterocycles. The van der Waals surface area contributed by atoms with E-state index in [1.807, 2.05) is 13.8 Å². The Bertz CT molecular complexity index is 573. The lowest BCUT2D eigenvalue weighted by Crippen LogP contribution is -2.26. The van der Waals surface area contributed by atoms with Gasteiger partial charge in [0.2, 0.25) is 0 Å². The first-order chi connectivity index (χ1) is 10.9. The first-order valence-electron chi connectivity index (χ1n) is 8.28. The molecular weight excluding hydrogens is 286 g/mol. The highest BCUT2D eigenvalue weighted by atomic mass is 16.3. The van der Waals surface area contributed by atoms with Gasteiger partial charge in [0.15, 0.2) is 5.78 Å². The topological polar surface area (TPSA) is 40.5 Å². The minimum Gasteiger partial charge on any atom is -0.512 e. The van der Waals surface area contributed by atoms with Crippen LogP contribution in [0.3, 0.4) is 0 Å². The van der Waals surface area contributed by atoms with E-state index < -0.39 is 0 Å². The minimum atomic E-state index is -0.0457. The van der Waals surface area contributed by atoms with E-state index in [2.05, 4.69) is 47.4 Å². The van der Waals surface area contributed by atoms with Crippen LogP contribution in [0, 0.1) is 5.41 Å². The molecule has 23 heavy (non-hydrogen) atoms. The molecule has 0 atom stereocenters. The molecular formula is C20H27NO2. The van der Waals surface area contributed by atoms with Gasteiger partial charge in [0.1, 0.15) is 0 Å². The molecule has 3 heteroatoms. The van der Waals surface area contributed by atoms with Crippen LogP contribution in [0.5, 0.6) is 0 Å². The molecule has 1 aliphatic carbocycles. The van der Waals surface area contributed by atoms with Crippen molar-refractivity contribution in [1.82, 2.24) is 4.90 Å². The van der Waals surface area contributed by atoms with Crippen molar-refractivity contribution < 1.29 is 9.90 Å². The van der Waals surface area contributed by atoms with Crippen LogP contribution >= 0.6 is 0 Å². The summed E-state index contributed by atoms with van der Waals surface area (Å²) in [6.45, 7) is 7.35. The van der Waals surface area contributed by atoms with Gasteiger partial charge in [-0.2, -0.15) is 0 Å². The number of ketones is 1. The Morgan fingerprint density at radius 3 is 2.43 bits per heavy atom. The van der Waals surface area contributed by atoms with E-state index in [0.717, 1.165) is 13.1 Å². The zero-order valence-electron chi connectivity index (χ0n) is 14.2. The summed E-state index contributed by atoms with van der Waals surface area (Å²) in [5.74, 6) is 0.259. The second-order valence-corrected chi connectivity index (χ2v) is 7.10. The van der Waals surface area contributed by atoms with Crippen LogP contribution in [0.1, 0.15) is 38.7 Å². The highest BCUT2D eigenvalue weighted by Gasteiger charge is 2.26. The van der Waals surface area contributed by atoms with E-state index in [4.69, 9.17) is 5.11 Å². The number of carbonyl (C=O) groups excluding carboxylic acids is 1. The first kappa shape index (κ1) is 17.5. The summed E-state index contributed by atoms with van der Waals surface area (Å²) in [5, 5.41) is 9.06. The summed E-state index contributed by atoms with van der Waals surface area (Å²) < 4.78 is 0. The molecule has 0 aromatic heterocycles. The average Bonchev–Trinajstić information content (AvgIpc) is 2.47. The van der Waals surface area contributed by atoms with Gasteiger partial charge >= 0.3 is 0 Å².